The molecule has 0 saturated carbocycles. The summed E-state index contributed by atoms with van der Waals surface area (Å²) in [5.74, 6) is 0.392. The maximum atomic E-state index is 10.7. The van der Waals surface area contributed by atoms with Crippen LogP contribution in [0.15, 0.2) is 41.6 Å². The molecule has 2 aromatic rings. The van der Waals surface area contributed by atoms with Crippen molar-refractivity contribution in [2.45, 2.75) is 6.61 Å². The normalized spacial score (nSPS) is 10.7. The number of hydrogen-bond acceptors (Lipinski definition) is 5. The zero-order chi connectivity index (χ0) is 16.8. The second-order valence-corrected chi connectivity index (χ2v) is 5.27. The lowest BCUT2D eigenvalue weighted by molar-refractivity contribution is -0.384. The van der Waals surface area contributed by atoms with Gasteiger partial charge in [0.1, 0.15) is 6.61 Å². The van der Waals surface area contributed by atoms with Gasteiger partial charge in [0, 0.05) is 12.1 Å². The Balaban J connectivity index is 2.00. The van der Waals surface area contributed by atoms with Gasteiger partial charge in [-0.2, -0.15) is 0 Å². The molecule has 120 valence electrons. The highest BCUT2D eigenvalue weighted by Gasteiger charge is 2.08. The standard InChI is InChI=1S/C15H12Cl2N2O4/c1-22-15-13(16)6-11(7-14(15)17)8-18-23-9-10-3-2-4-12(5-10)19(20)21/h2-8H,9H2,1H3/b18-8-. The van der Waals surface area contributed by atoms with Crippen molar-refractivity contribution in [1.82, 2.24) is 0 Å². The number of halogens is 2. The first kappa shape index (κ1) is 17.1. The highest BCUT2D eigenvalue weighted by atomic mass is 35.5. The molecule has 0 aliphatic heterocycles. The minimum absolute atomic E-state index is 0.00352. The van der Waals surface area contributed by atoms with Crippen LogP contribution in [0.4, 0.5) is 5.69 Å². The lowest BCUT2D eigenvalue weighted by Crippen LogP contribution is -1.92. The molecule has 0 fully saturated rings. The Kier molecular flexibility index (Phi) is 5.78. The maximum absolute atomic E-state index is 10.7. The Bertz CT molecular complexity index is 727. The summed E-state index contributed by atoms with van der Waals surface area (Å²) in [5.41, 5.74) is 1.28. The number of ether oxygens (including phenoxy) is 1. The summed E-state index contributed by atoms with van der Waals surface area (Å²) >= 11 is 12.0. The summed E-state index contributed by atoms with van der Waals surface area (Å²) in [5, 5.41) is 15.2. The van der Waals surface area contributed by atoms with Crippen LogP contribution in [0.3, 0.4) is 0 Å². The Morgan fingerprint density at radius 1 is 1.26 bits per heavy atom. The molecule has 0 amide bonds. The van der Waals surface area contributed by atoms with Gasteiger partial charge in [-0.25, -0.2) is 0 Å². The lowest BCUT2D eigenvalue weighted by Gasteiger charge is -2.06. The number of hydrogen-bond donors (Lipinski definition) is 0. The van der Waals surface area contributed by atoms with E-state index >= 15 is 0 Å². The summed E-state index contributed by atoms with van der Waals surface area (Å²) in [6.07, 6.45) is 1.44. The number of rotatable bonds is 6. The minimum atomic E-state index is -0.464. The van der Waals surface area contributed by atoms with Gasteiger partial charge in [0.25, 0.3) is 5.69 Å². The van der Waals surface area contributed by atoms with Crippen LogP contribution in [0.2, 0.25) is 10.0 Å². The molecule has 0 aliphatic rings. The van der Waals surface area contributed by atoms with Crippen molar-refractivity contribution in [3.05, 3.63) is 67.7 Å². The van der Waals surface area contributed by atoms with Crippen molar-refractivity contribution in [2.24, 2.45) is 5.16 Å². The van der Waals surface area contributed by atoms with Gasteiger partial charge in [-0.05, 0) is 23.3 Å². The maximum Gasteiger partial charge on any atom is 0.269 e. The van der Waals surface area contributed by atoms with Crippen molar-refractivity contribution in [1.29, 1.82) is 0 Å². The lowest BCUT2D eigenvalue weighted by atomic mass is 10.2. The Labute approximate surface area is 142 Å². The molecule has 0 heterocycles. The number of nitro benzene ring substituents is 1. The van der Waals surface area contributed by atoms with Crippen LogP contribution >= 0.6 is 23.2 Å². The van der Waals surface area contributed by atoms with Gasteiger partial charge < -0.3 is 9.57 Å². The van der Waals surface area contributed by atoms with E-state index in [2.05, 4.69) is 5.16 Å². The third kappa shape index (κ3) is 4.58. The van der Waals surface area contributed by atoms with Gasteiger partial charge in [-0.1, -0.05) is 40.5 Å². The van der Waals surface area contributed by atoms with Crippen molar-refractivity contribution in [2.75, 3.05) is 7.11 Å². The third-order valence-electron chi connectivity index (χ3n) is 2.85. The van der Waals surface area contributed by atoms with Gasteiger partial charge in [0.2, 0.25) is 0 Å². The molecule has 0 radical (unpaired) electrons. The molecule has 6 nitrogen and oxygen atoms in total. The SMILES string of the molecule is COc1c(Cl)cc(/C=N\OCc2cccc([N+](=O)[O-])c2)cc1Cl. The Morgan fingerprint density at radius 3 is 2.57 bits per heavy atom. The summed E-state index contributed by atoms with van der Waals surface area (Å²) in [4.78, 5) is 15.3. The first-order chi connectivity index (χ1) is 11.0. The van der Waals surface area contributed by atoms with E-state index in [0.29, 0.717) is 26.9 Å². The number of nitro groups is 1. The van der Waals surface area contributed by atoms with Crippen LogP contribution in [-0.2, 0) is 11.4 Å². The molecular formula is C15H12Cl2N2O4. The zero-order valence-electron chi connectivity index (χ0n) is 12.0. The molecule has 0 N–H and O–H groups in total. The largest absolute Gasteiger partial charge is 0.494 e. The molecule has 0 spiro atoms. The number of oxime groups is 1. The van der Waals surface area contributed by atoms with E-state index in [9.17, 15) is 10.1 Å². The average molecular weight is 355 g/mol. The monoisotopic (exact) mass is 354 g/mol. The van der Waals surface area contributed by atoms with Crippen LogP contribution in [0, 0.1) is 10.1 Å². The van der Waals surface area contributed by atoms with Crippen molar-refractivity contribution in [3.8, 4) is 5.75 Å². The van der Waals surface area contributed by atoms with Crippen molar-refractivity contribution >= 4 is 35.1 Å². The summed E-state index contributed by atoms with van der Waals surface area (Å²) < 4.78 is 5.05. The molecule has 2 rings (SSSR count). The van der Waals surface area contributed by atoms with Gasteiger partial charge >= 0.3 is 0 Å². The number of methoxy groups -OCH3 is 1. The predicted octanol–water partition coefficient (Wildman–Crippen LogP) is 4.46. The van der Waals surface area contributed by atoms with Crippen LogP contribution in [-0.4, -0.2) is 18.2 Å². The highest BCUT2D eigenvalue weighted by molar-refractivity contribution is 6.37. The molecule has 2 aromatic carbocycles. The molecule has 8 heteroatoms. The summed E-state index contributed by atoms with van der Waals surface area (Å²) in [6.45, 7) is 0.107. The summed E-state index contributed by atoms with van der Waals surface area (Å²) in [6, 6.07) is 9.40. The van der Waals surface area contributed by atoms with Crippen molar-refractivity contribution in [3.63, 3.8) is 0 Å². The first-order valence-electron chi connectivity index (χ1n) is 6.43. The molecule has 0 bridgehead atoms. The van der Waals surface area contributed by atoms with Crippen LogP contribution in [0.5, 0.6) is 5.75 Å². The average Bonchev–Trinajstić information content (AvgIpc) is 2.51. The van der Waals surface area contributed by atoms with E-state index < -0.39 is 4.92 Å². The molecule has 23 heavy (non-hydrogen) atoms. The molecule has 0 unspecified atom stereocenters. The Hall–Kier alpha value is -2.31. The van der Waals surface area contributed by atoms with E-state index in [-0.39, 0.29) is 12.3 Å². The van der Waals surface area contributed by atoms with E-state index in [1.165, 1.54) is 25.5 Å². The minimum Gasteiger partial charge on any atom is -0.494 e. The first-order valence-corrected chi connectivity index (χ1v) is 7.18. The molecule has 0 aliphatic carbocycles. The fraction of sp³-hybridized carbons (Fsp3) is 0.133. The molecule has 0 aromatic heterocycles. The second-order valence-electron chi connectivity index (χ2n) is 4.45. The fourth-order valence-corrected chi connectivity index (χ4v) is 2.48. The number of nitrogens with zero attached hydrogens (tertiary/aromatic N) is 2. The van der Waals surface area contributed by atoms with Crippen LogP contribution in [0.1, 0.15) is 11.1 Å². The van der Waals surface area contributed by atoms with Crippen LogP contribution < -0.4 is 4.74 Å². The van der Waals surface area contributed by atoms with E-state index in [1.807, 2.05) is 0 Å². The highest BCUT2D eigenvalue weighted by Crippen LogP contribution is 2.33. The topological polar surface area (TPSA) is 74.0 Å². The molecule has 0 saturated heterocycles. The number of non-ortho nitro benzene ring substituents is 1. The predicted molar refractivity (Wildman–Crippen MR) is 88.5 cm³/mol. The van der Waals surface area contributed by atoms with E-state index in [0.717, 1.165) is 0 Å². The van der Waals surface area contributed by atoms with Gasteiger partial charge in [-0.15, -0.1) is 0 Å². The molecule has 0 atom stereocenters. The van der Waals surface area contributed by atoms with Crippen LogP contribution in [0.25, 0.3) is 0 Å². The third-order valence-corrected chi connectivity index (χ3v) is 3.42. The quantitative estimate of drug-likeness (QED) is 0.436. The zero-order valence-corrected chi connectivity index (χ0v) is 13.5. The van der Waals surface area contributed by atoms with Crippen molar-refractivity contribution < 1.29 is 14.5 Å². The van der Waals surface area contributed by atoms with Gasteiger partial charge in [0.15, 0.2) is 5.75 Å². The Morgan fingerprint density at radius 2 is 1.96 bits per heavy atom. The second kappa shape index (κ2) is 7.80. The number of benzene rings is 2. The van der Waals surface area contributed by atoms with Gasteiger partial charge in [0.05, 0.1) is 28.3 Å². The smallest absolute Gasteiger partial charge is 0.269 e. The molecular weight excluding hydrogens is 343 g/mol. The summed E-state index contributed by atoms with van der Waals surface area (Å²) in [7, 11) is 1.48. The van der Waals surface area contributed by atoms with Gasteiger partial charge in [-0.3, -0.25) is 10.1 Å². The van der Waals surface area contributed by atoms with E-state index in [4.69, 9.17) is 32.8 Å². The fourth-order valence-electron chi connectivity index (χ4n) is 1.82. The van der Waals surface area contributed by atoms with E-state index in [1.54, 1.807) is 24.3 Å².